The minimum Gasteiger partial charge on any atom is -0.354 e. The summed E-state index contributed by atoms with van der Waals surface area (Å²) in [5, 5.41) is 6.18. The van der Waals surface area contributed by atoms with Crippen molar-refractivity contribution in [1.29, 1.82) is 0 Å². The number of hydrogen-bond donors (Lipinski definition) is 2. The molecule has 1 amide bonds. The van der Waals surface area contributed by atoms with Crippen LogP contribution in [0.25, 0.3) is 0 Å². The van der Waals surface area contributed by atoms with Gasteiger partial charge in [0.1, 0.15) is 0 Å². The summed E-state index contributed by atoms with van der Waals surface area (Å²) in [6, 6.07) is 15.6. The predicted molar refractivity (Wildman–Crippen MR) is 82.8 cm³/mol. The number of carbonyl (C=O) groups excluding carboxylic acids is 1. The third kappa shape index (κ3) is 3.83. The standard InChI is InChI=1S/C15H15BrN2O/c1-2-15(19)18-14-10-11(16)8-9-13(14)17-12-6-4-3-5-7-12/h3-10,17H,2H2,1H3,(H,18,19). The van der Waals surface area contributed by atoms with Crippen LogP contribution in [0.15, 0.2) is 53.0 Å². The minimum absolute atomic E-state index is 0.00536. The van der Waals surface area contributed by atoms with Crippen molar-refractivity contribution in [3.8, 4) is 0 Å². The van der Waals surface area contributed by atoms with E-state index in [0.717, 1.165) is 21.5 Å². The van der Waals surface area contributed by atoms with E-state index in [1.807, 2.05) is 55.5 Å². The number of para-hydroxylation sites is 1. The van der Waals surface area contributed by atoms with Gasteiger partial charge in [0.05, 0.1) is 11.4 Å². The highest BCUT2D eigenvalue weighted by molar-refractivity contribution is 9.10. The van der Waals surface area contributed by atoms with Crippen molar-refractivity contribution >= 4 is 38.9 Å². The first-order chi connectivity index (χ1) is 9.19. The zero-order valence-corrected chi connectivity index (χ0v) is 12.2. The van der Waals surface area contributed by atoms with Crippen LogP contribution >= 0.6 is 15.9 Å². The largest absolute Gasteiger partial charge is 0.354 e. The molecule has 2 rings (SSSR count). The number of carbonyl (C=O) groups is 1. The Labute approximate surface area is 121 Å². The lowest BCUT2D eigenvalue weighted by molar-refractivity contribution is -0.115. The molecule has 0 spiro atoms. The third-order valence-electron chi connectivity index (χ3n) is 2.63. The molecule has 0 saturated heterocycles. The van der Waals surface area contributed by atoms with Gasteiger partial charge in [0.25, 0.3) is 0 Å². The lowest BCUT2D eigenvalue weighted by Gasteiger charge is -2.13. The maximum absolute atomic E-state index is 11.5. The molecule has 0 atom stereocenters. The van der Waals surface area contributed by atoms with Gasteiger partial charge in [-0.25, -0.2) is 0 Å². The zero-order chi connectivity index (χ0) is 13.7. The molecule has 98 valence electrons. The van der Waals surface area contributed by atoms with Crippen molar-refractivity contribution in [3.63, 3.8) is 0 Å². The Bertz CT molecular complexity index is 570. The molecule has 0 aliphatic heterocycles. The number of amides is 1. The second-order valence-corrected chi connectivity index (χ2v) is 5.00. The summed E-state index contributed by atoms with van der Waals surface area (Å²) < 4.78 is 0.928. The zero-order valence-electron chi connectivity index (χ0n) is 10.6. The molecule has 0 fully saturated rings. The van der Waals surface area contributed by atoms with E-state index < -0.39 is 0 Å². The summed E-state index contributed by atoms with van der Waals surface area (Å²) in [5.74, 6) is -0.00536. The SMILES string of the molecule is CCC(=O)Nc1cc(Br)ccc1Nc1ccccc1. The summed E-state index contributed by atoms with van der Waals surface area (Å²) in [5.41, 5.74) is 2.62. The van der Waals surface area contributed by atoms with Crippen LogP contribution in [0.3, 0.4) is 0 Å². The number of nitrogens with one attached hydrogen (secondary N) is 2. The Hall–Kier alpha value is -1.81. The molecule has 0 saturated carbocycles. The average Bonchev–Trinajstić information content (AvgIpc) is 2.43. The van der Waals surface area contributed by atoms with E-state index in [-0.39, 0.29) is 5.91 Å². The fraction of sp³-hybridized carbons (Fsp3) is 0.133. The molecule has 4 heteroatoms. The normalized spacial score (nSPS) is 10.0. The van der Waals surface area contributed by atoms with Crippen molar-refractivity contribution in [2.75, 3.05) is 10.6 Å². The van der Waals surface area contributed by atoms with Gasteiger partial charge in [0.15, 0.2) is 0 Å². The van der Waals surface area contributed by atoms with Crippen LogP contribution in [0, 0.1) is 0 Å². The lowest BCUT2D eigenvalue weighted by Crippen LogP contribution is -2.11. The Kier molecular flexibility index (Phi) is 4.58. The number of rotatable bonds is 4. The molecular weight excluding hydrogens is 304 g/mol. The van der Waals surface area contributed by atoms with E-state index >= 15 is 0 Å². The van der Waals surface area contributed by atoms with Crippen LogP contribution in [-0.4, -0.2) is 5.91 Å². The molecule has 0 aliphatic rings. The number of benzene rings is 2. The van der Waals surface area contributed by atoms with Gasteiger partial charge in [0, 0.05) is 16.6 Å². The molecule has 0 aromatic heterocycles. The van der Waals surface area contributed by atoms with E-state index in [1.165, 1.54) is 0 Å². The number of hydrogen-bond acceptors (Lipinski definition) is 2. The van der Waals surface area contributed by atoms with Gasteiger partial charge >= 0.3 is 0 Å². The Balaban J connectivity index is 2.26. The maximum atomic E-state index is 11.5. The Morgan fingerprint density at radius 2 is 1.84 bits per heavy atom. The topological polar surface area (TPSA) is 41.1 Å². The molecule has 0 aliphatic carbocycles. The van der Waals surface area contributed by atoms with Gasteiger partial charge in [-0.05, 0) is 30.3 Å². The summed E-state index contributed by atoms with van der Waals surface area (Å²) in [7, 11) is 0. The van der Waals surface area contributed by atoms with Crippen LogP contribution in [0.1, 0.15) is 13.3 Å². The van der Waals surface area contributed by atoms with E-state index in [2.05, 4.69) is 26.6 Å². The highest BCUT2D eigenvalue weighted by Gasteiger charge is 2.06. The van der Waals surface area contributed by atoms with Crippen LogP contribution in [0.2, 0.25) is 0 Å². The second kappa shape index (κ2) is 6.38. The molecular formula is C15H15BrN2O. The van der Waals surface area contributed by atoms with Crippen molar-refractivity contribution in [1.82, 2.24) is 0 Å². The van der Waals surface area contributed by atoms with Gasteiger partial charge in [-0.15, -0.1) is 0 Å². The molecule has 0 heterocycles. The van der Waals surface area contributed by atoms with Crippen LogP contribution in [0.5, 0.6) is 0 Å². The molecule has 0 unspecified atom stereocenters. The summed E-state index contributed by atoms with van der Waals surface area (Å²) in [6.45, 7) is 1.83. The molecule has 3 nitrogen and oxygen atoms in total. The Morgan fingerprint density at radius 3 is 2.53 bits per heavy atom. The van der Waals surface area contributed by atoms with Crippen LogP contribution in [-0.2, 0) is 4.79 Å². The fourth-order valence-corrected chi connectivity index (χ4v) is 2.01. The third-order valence-corrected chi connectivity index (χ3v) is 3.12. The van der Waals surface area contributed by atoms with Crippen LogP contribution in [0.4, 0.5) is 17.1 Å². The van der Waals surface area contributed by atoms with Gasteiger partial charge in [0.2, 0.25) is 5.91 Å². The first kappa shape index (κ1) is 13.6. The lowest BCUT2D eigenvalue weighted by atomic mass is 10.2. The van der Waals surface area contributed by atoms with Gasteiger partial charge in [-0.1, -0.05) is 41.1 Å². The van der Waals surface area contributed by atoms with Gasteiger partial charge in [-0.2, -0.15) is 0 Å². The van der Waals surface area contributed by atoms with E-state index in [0.29, 0.717) is 6.42 Å². The molecule has 2 aromatic rings. The minimum atomic E-state index is -0.00536. The highest BCUT2D eigenvalue weighted by Crippen LogP contribution is 2.28. The van der Waals surface area contributed by atoms with Crippen molar-refractivity contribution in [3.05, 3.63) is 53.0 Å². The van der Waals surface area contributed by atoms with Crippen molar-refractivity contribution < 1.29 is 4.79 Å². The van der Waals surface area contributed by atoms with Crippen LogP contribution < -0.4 is 10.6 Å². The summed E-state index contributed by atoms with van der Waals surface area (Å²) in [6.07, 6.45) is 0.456. The smallest absolute Gasteiger partial charge is 0.224 e. The fourth-order valence-electron chi connectivity index (χ4n) is 1.64. The predicted octanol–water partition coefficient (Wildman–Crippen LogP) is 4.54. The molecule has 0 bridgehead atoms. The van der Waals surface area contributed by atoms with E-state index in [1.54, 1.807) is 0 Å². The number of anilines is 3. The van der Waals surface area contributed by atoms with Gasteiger partial charge < -0.3 is 10.6 Å². The molecule has 0 radical (unpaired) electrons. The van der Waals surface area contributed by atoms with Gasteiger partial charge in [-0.3, -0.25) is 4.79 Å². The summed E-state index contributed by atoms with van der Waals surface area (Å²) in [4.78, 5) is 11.5. The maximum Gasteiger partial charge on any atom is 0.224 e. The second-order valence-electron chi connectivity index (χ2n) is 4.08. The first-order valence-electron chi connectivity index (χ1n) is 6.10. The van der Waals surface area contributed by atoms with Crippen molar-refractivity contribution in [2.24, 2.45) is 0 Å². The Morgan fingerprint density at radius 1 is 1.11 bits per heavy atom. The average molecular weight is 319 g/mol. The monoisotopic (exact) mass is 318 g/mol. The summed E-state index contributed by atoms with van der Waals surface area (Å²) >= 11 is 3.41. The van der Waals surface area contributed by atoms with E-state index in [9.17, 15) is 4.79 Å². The highest BCUT2D eigenvalue weighted by atomic mass is 79.9. The quantitative estimate of drug-likeness (QED) is 0.868. The van der Waals surface area contributed by atoms with E-state index in [4.69, 9.17) is 0 Å². The molecule has 19 heavy (non-hydrogen) atoms. The first-order valence-corrected chi connectivity index (χ1v) is 6.90. The number of halogens is 1. The molecule has 2 N–H and O–H groups in total. The van der Waals surface area contributed by atoms with Crippen molar-refractivity contribution in [2.45, 2.75) is 13.3 Å². The molecule has 2 aromatic carbocycles.